The van der Waals surface area contributed by atoms with Gasteiger partial charge in [0.05, 0.1) is 6.10 Å². The Labute approximate surface area is 104 Å². The minimum absolute atomic E-state index is 0.343. The quantitative estimate of drug-likeness (QED) is 0.801. The van der Waals surface area contributed by atoms with Gasteiger partial charge in [0.15, 0.2) is 5.41 Å². The lowest BCUT2D eigenvalue weighted by Gasteiger charge is -2.32. The molecule has 18 heavy (non-hydrogen) atoms. The van der Waals surface area contributed by atoms with Gasteiger partial charge in [-0.05, 0) is 39.0 Å². The molecular formula is C12H19F3O3. The minimum Gasteiger partial charge on any atom is -0.462 e. The number of carbonyl (C=O) groups excluding carboxylic acids is 1. The molecule has 1 saturated carbocycles. The van der Waals surface area contributed by atoms with Crippen LogP contribution in [0.25, 0.3) is 0 Å². The van der Waals surface area contributed by atoms with Gasteiger partial charge >= 0.3 is 12.1 Å². The van der Waals surface area contributed by atoms with Gasteiger partial charge in [0.25, 0.3) is 0 Å². The summed E-state index contributed by atoms with van der Waals surface area (Å²) < 4.78 is 43.4. The van der Waals surface area contributed by atoms with Crippen molar-refractivity contribution in [3.63, 3.8) is 0 Å². The van der Waals surface area contributed by atoms with Gasteiger partial charge in [0, 0.05) is 0 Å². The molecule has 1 unspecified atom stereocenters. The first kappa shape index (κ1) is 15.3. The molecule has 1 rings (SSSR count). The number of carbonyl (C=O) groups is 1. The SMILES string of the molecule is CCC(C)(C(=O)OC1CCC(O)CC1)C(F)(F)F. The molecule has 0 aromatic rings. The van der Waals surface area contributed by atoms with Gasteiger partial charge in [0.2, 0.25) is 0 Å². The lowest BCUT2D eigenvalue weighted by Crippen LogP contribution is -2.44. The summed E-state index contributed by atoms with van der Waals surface area (Å²) >= 11 is 0. The fourth-order valence-electron chi connectivity index (χ4n) is 1.91. The summed E-state index contributed by atoms with van der Waals surface area (Å²) in [5.41, 5.74) is -2.44. The smallest absolute Gasteiger partial charge is 0.404 e. The third-order valence-corrected chi connectivity index (χ3v) is 3.70. The predicted octanol–water partition coefficient (Wildman–Crippen LogP) is 2.81. The Morgan fingerprint density at radius 1 is 1.28 bits per heavy atom. The number of alkyl halides is 3. The monoisotopic (exact) mass is 268 g/mol. The Bertz CT molecular complexity index is 295. The lowest BCUT2D eigenvalue weighted by molar-refractivity contribution is -0.234. The van der Waals surface area contributed by atoms with Crippen LogP contribution in [0, 0.1) is 5.41 Å². The van der Waals surface area contributed by atoms with Crippen molar-refractivity contribution in [2.75, 3.05) is 0 Å². The highest BCUT2D eigenvalue weighted by atomic mass is 19.4. The molecule has 6 heteroatoms. The van der Waals surface area contributed by atoms with E-state index in [2.05, 4.69) is 0 Å². The summed E-state index contributed by atoms with van der Waals surface area (Å²) in [6, 6.07) is 0. The Balaban J connectivity index is 2.64. The van der Waals surface area contributed by atoms with Gasteiger partial charge < -0.3 is 9.84 Å². The number of ether oxygens (including phenoxy) is 1. The van der Waals surface area contributed by atoms with E-state index >= 15 is 0 Å². The van der Waals surface area contributed by atoms with E-state index in [1.165, 1.54) is 6.92 Å². The maximum Gasteiger partial charge on any atom is 0.404 e. The van der Waals surface area contributed by atoms with Crippen molar-refractivity contribution >= 4 is 5.97 Å². The molecule has 0 bridgehead atoms. The normalized spacial score (nSPS) is 28.6. The van der Waals surface area contributed by atoms with Crippen molar-refractivity contribution in [2.45, 2.75) is 64.3 Å². The van der Waals surface area contributed by atoms with E-state index in [0.717, 1.165) is 6.92 Å². The van der Waals surface area contributed by atoms with Gasteiger partial charge in [0.1, 0.15) is 6.10 Å². The number of esters is 1. The van der Waals surface area contributed by atoms with Crippen LogP contribution in [0.1, 0.15) is 46.0 Å². The van der Waals surface area contributed by atoms with Crippen molar-refractivity contribution < 1.29 is 27.8 Å². The highest BCUT2D eigenvalue weighted by Gasteiger charge is 2.57. The second-order valence-corrected chi connectivity index (χ2v) is 5.02. The largest absolute Gasteiger partial charge is 0.462 e. The first-order valence-corrected chi connectivity index (χ1v) is 6.16. The van der Waals surface area contributed by atoms with E-state index in [9.17, 15) is 23.1 Å². The summed E-state index contributed by atoms with van der Waals surface area (Å²) in [4.78, 5) is 11.7. The highest BCUT2D eigenvalue weighted by molar-refractivity contribution is 5.77. The molecule has 0 spiro atoms. The van der Waals surface area contributed by atoms with Crippen LogP contribution in [0.15, 0.2) is 0 Å². The summed E-state index contributed by atoms with van der Waals surface area (Å²) in [5, 5.41) is 9.28. The first-order chi connectivity index (χ1) is 8.20. The van der Waals surface area contributed by atoms with Gasteiger partial charge in [-0.2, -0.15) is 13.2 Å². The zero-order chi connectivity index (χ0) is 14.0. The summed E-state index contributed by atoms with van der Waals surface area (Å²) in [7, 11) is 0. The Morgan fingerprint density at radius 3 is 2.17 bits per heavy atom. The maximum atomic E-state index is 12.8. The molecule has 1 fully saturated rings. The zero-order valence-electron chi connectivity index (χ0n) is 10.6. The van der Waals surface area contributed by atoms with Crippen LogP contribution in [0.3, 0.4) is 0 Å². The first-order valence-electron chi connectivity index (χ1n) is 6.16. The number of halogens is 3. The fraction of sp³-hybridized carbons (Fsp3) is 0.917. The lowest BCUT2D eigenvalue weighted by atomic mass is 9.86. The number of aliphatic hydroxyl groups is 1. The third kappa shape index (κ3) is 3.16. The molecule has 106 valence electrons. The van der Waals surface area contributed by atoms with Gasteiger partial charge in [-0.3, -0.25) is 4.79 Å². The summed E-state index contributed by atoms with van der Waals surface area (Å²) in [6.07, 6.45) is -4.11. The van der Waals surface area contributed by atoms with Gasteiger partial charge in [-0.15, -0.1) is 0 Å². The van der Waals surface area contributed by atoms with Crippen LogP contribution >= 0.6 is 0 Å². The summed E-state index contributed by atoms with van der Waals surface area (Å²) in [6.45, 7) is 2.19. The second kappa shape index (κ2) is 5.47. The molecule has 0 aromatic heterocycles. The second-order valence-electron chi connectivity index (χ2n) is 5.02. The van der Waals surface area contributed by atoms with Crippen molar-refractivity contribution in [1.82, 2.24) is 0 Å². The molecule has 1 aliphatic carbocycles. The fourth-order valence-corrected chi connectivity index (χ4v) is 1.91. The molecule has 3 nitrogen and oxygen atoms in total. The molecule has 0 amide bonds. The van der Waals surface area contributed by atoms with Gasteiger partial charge in [-0.1, -0.05) is 6.92 Å². The van der Waals surface area contributed by atoms with E-state index in [1.807, 2.05) is 0 Å². The van der Waals surface area contributed by atoms with E-state index in [4.69, 9.17) is 4.74 Å². The molecule has 0 aliphatic heterocycles. The number of hydrogen-bond acceptors (Lipinski definition) is 3. The van der Waals surface area contributed by atoms with E-state index in [1.54, 1.807) is 0 Å². The molecule has 0 radical (unpaired) electrons. The molecule has 0 saturated heterocycles. The Kier molecular flexibility index (Phi) is 4.64. The van der Waals surface area contributed by atoms with E-state index < -0.39 is 29.8 Å². The minimum atomic E-state index is -4.60. The van der Waals surface area contributed by atoms with Crippen LogP contribution in [0.4, 0.5) is 13.2 Å². The van der Waals surface area contributed by atoms with E-state index in [0.29, 0.717) is 25.7 Å². The highest BCUT2D eigenvalue weighted by Crippen LogP contribution is 2.42. The molecule has 0 aromatic carbocycles. The number of rotatable bonds is 3. The van der Waals surface area contributed by atoms with Crippen molar-refractivity contribution in [2.24, 2.45) is 5.41 Å². The van der Waals surface area contributed by atoms with Crippen LogP contribution in [0.5, 0.6) is 0 Å². The molecule has 1 N–H and O–H groups in total. The van der Waals surface area contributed by atoms with Crippen LogP contribution in [0.2, 0.25) is 0 Å². The van der Waals surface area contributed by atoms with Crippen LogP contribution in [-0.4, -0.2) is 29.5 Å². The Morgan fingerprint density at radius 2 is 1.78 bits per heavy atom. The predicted molar refractivity (Wildman–Crippen MR) is 58.8 cm³/mol. The average Bonchev–Trinajstić information content (AvgIpc) is 2.29. The topological polar surface area (TPSA) is 46.5 Å². The van der Waals surface area contributed by atoms with Crippen LogP contribution in [-0.2, 0) is 9.53 Å². The molecule has 1 aliphatic rings. The van der Waals surface area contributed by atoms with Crippen molar-refractivity contribution in [1.29, 1.82) is 0 Å². The van der Waals surface area contributed by atoms with Crippen molar-refractivity contribution in [3.05, 3.63) is 0 Å². The number of aliphatic hydroxyl groups excluding tert-OH is 1. The zero-order valence-corrected chi connectivity index (χ0v) is 10.6. The standard InChI is InChI=1S/C12H19F3O3/c1-3-11(2,12(13,14)15)10(17)18-9-6-4-8(16)5-7-9/h8-9,16H,3-7H2,1-2H3. The third-order valence-electron chi connectivity index (χ3n) is 3.70. The molecule has 0 heterocycles. The Hall–Kier alpha value is -0.780. The average molecular weight is 268 g/mol. The molecule has 1 atom stereocenters. The van der Waals surface area contributed by atoms with Crippen LogP contribution < -0.4 is 0 Å². The maximum absolute atomic E-state index is 12.8. The molecular weight excluding hydrogens is 249 g/mol. The van der Waals surface area contributed by atoms with E-state index in [-0.39, 0.29) is 6.42 Å². The summed E-state index contributed by atoms with van der Waals surface area (Å²) in [5.74, 6) is -1.21. The number of hydrogen-bond donors (Lipinski definition) is 1. The van der Waals surface area contributed by atoms with Gasteiger partial charge in [-0.25, -0.2) is 0 Å². The van der Waals surface area contributed by atoms with Crippen molar-refractivity contribution in [3.8, 4) is 0 Å².